The number of hydrogen-bond donors (Lipinski definition) is 2. The third-order valence-corrected chi connectivity index (χ3v) is 3.56. The van der Waals surface area contributed by atoms with E-state index in [0.29, 0.717) is 6.04 Å². The average Bonchev–Trinajstić information content (AvgIpc) is 2.62. The fraction of sp³-hybridized carbons (Fsp3) is 0.462. The molecule has 1 aromatic carbocycles. The summed E-state index contributed by atoms with van der Waals surface area (Å²) in [6.45, 7) is 2.11. The SMILES string of the molecule is CCc1nc2cc(N)ccc2n1C1CC(O)C1. The summed E-state index contributed by atoms with van der Waals surface area (Å²) in [7, 11) is 0. The standard InChI is InChI=1S/C13H17N3O/c1-2-13-15-11-5-8(14)3-4-12(11)16(13)9-6-10(17)7-9/h3-5,9-10,17H,2,6-7,14H2,1H3. The number of nitrogen functional groups attached to an aromatic ring is 1. The van der Waals surface area contributed by atoms with Gasteiger partial charge in [-0.1, -0.05) is 6.92 Å². The lowest BCUT2D eigenvalue weighted by Gasteiger charge is -2.34. The first-order valence-corrected chi connectivity index (χ1v) is 6.13. The first-order valence-electron chi connectivity index (χ1n) is 6.13. The lowest BCUT2D eigenvalue weighted by molar-refractivity contribution is 0.0491. The van der Waals surface area contributed by atoms with Crippen LogP contribution in [0.1, 0.15) is 31.6 Å². The van der Waals surface area contributed by atoms with Crippen LogP contribution in [0.2, 0.25) is 0 Å². The van der Waals surface area contributed by atoms with E-state index in [4.69, 9.17) is 5.73 Å². The number of fused-ring (bicyclic) bond motifs is 1. The van der Waals surface area contributed by atoms with Crippen molar-refractivity contribution in [3.63, 3.8) is 0 Å². The first kappa shape index (κ1) is 10.6. The van der Waals surface area contributed by atoms with Crippen molar-refractivity contribution in [1.82, 2.24) is 9.55 Å². The summed E-state index contributed by atoms with van der Waals surface area (Å²) < 4.78 is 2.27. The van der Waals surface area contributed by atoms with Gasteiger partial charge < -0.3 is 15.4 Å². The molecule has 3 rings (SSSR count). The van der Waals surface area contributed by atoms with Crippen molar-refractivity contribution in [1.29, 1.82) is 0 Å². The molecule has 1 aliphatic carbocycles. The van der Waals surface area contributed by atoms with Crippen LogP contribution in [-0.2, 0) is 6.42 Å². The zero-order chi connectivity index (χ0) is 12.0. The van der Waals surface area contributed by atoms with Gasteiger partial charge in [0.1, 0.15) is 5.82 Å². The molecule has 4 nitrogen and oxygen atoms in total. The molecule has 0 radical (unpaired) electrons. The summed E-state index contributed by atoms with van der Waals surface area (Å²) in [5.41, 5.74) is 8.62. The number of aromatic nitrogens is 2. The maximum atomic E-state index is 9.44. The monoisotopic (exact) mass is 231 g/mol. The molecule has 3 N–H and O–H groups in total. The second-order valence-electron chi connectivity index (χ2n) is 4.78. The van der Waals surface area contributed by atoms with Crippen LogP contribution in [-0.4, -0.2) is 20.8 Å². The van der Waals surface area contributed by atoms with E-state index in [1.54, 1.807) is 0 Å². The van der Waals surface area contributed by atoms with Gasteiger partial charge in [-0.05, 0) is 31.0 Å². The highest BCUT2D eigenvalue weighted by Crippen LogP contribution is 2.36. The Bertz CT molecular complexity index is 555. The third kappa shape index (κ3) is 1.60. The van der Waals surface area contributed by atoms with Crippen LogP contribution in [0.25, 0.3) is 11.0 Å². The quantitative estimate of drug-likeness (QED) is 0.776. The van der Waals surface area contributed by atoms with Crippen molar-refractivity contribution >= 4 is 16.7 Å². The fourth-order valence-electron chi connectivity index (χ4n) is 2.59. The predicted octanol–water partition coefficient (Wildman–Crippen LogP) is 1.88. The molecular weight excluding hydrogens is 214 g/mol. The van der Waals surface area contributed by atoms with Crippen LogP contribution in [0.5, 0.6) is 0 Å². The number of imidazole rings is 1. The van der Waals surface area contributed by atoms with Crippen molar-refractivity contribution < 1.29 is 5.11 Å². The van der Waals surface area contributed by atoms with E-state index in [1.165, 1.54) is 0 Å². The Morgan fingerprint density at radius 2 is 2.24 bits per heavy atom. The Labute approximate surface area is 100 Å². The Hall–Kier alpha value is -1.55. The Morgan fingerprint density at radius 3 is 2.88 bits per heavy atom. The van der Waals surface area contributed by atoms with E-state index in [2.05, 4.69) is 16.5 Å². The van der Waals surface area contributed by atoms with Gasteiger partial charge in [-0.2, -0.15) is 0 Å². The minimum absolute atomic E-state index is 0.143. The lowest BCUT2D eigenvalue weighted by atomic mass is 9.89. The minimum Gasteiger partial charge on any atom is -0.399 e. The van der Waals surface area contributed by atoms with Gasteiger partial charge in [-0.25, -0.2) is 4.98 Å². The molecule has 0 saturated heterocycles. The summed E-state index contributed by atoms with van der Waals surface area (Å²) in [5, 5.41) is 9.44. The molecule has 17 heavy (non-hydrogen) atoms. The van der Waals surface area contributed by atoms with Gasteiger partial charge in [0.2, 0.25) is 0 Å². The second-order valence-corrected chi connectivity index (χ2v) is 4.78. The van der Waals surface area contributed by atoms with Crippen LogP contribution in [0, 0.1) is 0 Å². The predicted molar refractivity (Wildman–Crippen MR) is 67.8 cm³/mol. The van der Waals surface area contributed by atoms with Crippen molar-refractivity contribution in [3.05, 3.63) is 24.0 Å². The number of benzene rings is 1. The molecule has 0 bridgehead atoms. The van der Waals surface area contributed by atoms with Crippen molar-refractivity contribution in [2.45, 2.75) is 38.3 Å². The van der Waals surface area contributed by atoms with E-state index in [1.807, 2.05) is 18.2 Å². The summed E-state index contributed by atoms with van der Waals surface area (Å²) in [6, 6.07) is 6.25. The Kier molecular flexibility index (Phi) is 2.33. The fourth-order valence-corrected chi connectivity index (χ4v) is 2.59. The van der Waals surface area contributed by atoms with Crippen LogP contribution in [0.15, 0.2) is 18.2 Å². The van der Waals surface area contributed by atoms with Crippen LogP contribution < -0.4 is 5.73 Å². The molecule has 1 heterocycles. The number of hydrogen-bond acceptors (Lipinski definition) is 3. The van der Waals surface area contributed by atoms with E-state index in [0.717, 1.165) is 41.8 Å². The number of nitrogens with zero attached hydrogens (tertiary/aromatic N) is 2. The van der Waals surface area contributed by atoms with Crippen molar-refractivity contribution in [2.75, 3.05) is 5.73 Å². The summed E-state index contributed by atoms with van der Waals surface area (Å²) in [6.07, 6.45) is 2.43. The maximum absolute atomic E-state index is 9.44. The van der Waals surface area contributed by atoms with Crippen LogP contribution in [0.4, 0.5) is 5.69 Å². The summed E-state index contributed by atoms with van der Waals surface area (Å²) >= 11 is 0. The summed E-state index contributed by atoms with van der Waals surface area (Å²) in [4.78, 5) is 4.62. The second kappa shape index (κ2) is 3.74. The molecule has 1 saturated carbocycles. The number of rotatable bonds is 2. The van der Waals surface area contributed by atoms with Gasteiger partial charge in [0.05, 0.1) is 17.1 Å². The molecular formula is C13H17N3O. The topological polar surface area (TPSA) is 64.1 Å². The highest BCUT2D eigenvalue weighted by Gasteiger charge is 2.31. The molecule has 1 fully saturated rings. The van der Waals surface area contributed by atoms with E-state index >= 15 is 0 Å². The zero-order valence-corrected chi connectivity index (χ0v) is 9.93. The molecule has 0 amide bonds. The molecule has 1 aliphatic rings. The molecule has 0 aliphatic heterocycles. The summed E-state index contributed by atoms with van der Waals surface area (Å²) in [5.74, 6) is 1.09. The Morgan fingerprint density at radius 1 is 1.47 bits per heavy atom. The van der Waals surface area contributed by atoms with Gasteiger partial charge in [0.25, 0.3) is 0 Å². The highest BCUT2D eigenvalue weighted by molar-refractivity contribution is 5.79. The van der Waals surface area contributed by atoms with Gasteiger partial charge in [-0.3, -0.25) is 0 Å². The highest BCUT2D eigenvalue weighted by atomic mass is 16.3. The molecule has 0 unspecified atom stereocenters. The number of aryl methyl sites for hydroxylation is 1. The smallest absolute Gasteiger partial charge is 0.109 e. The number of aliphatic hydroxyl groups excluding tert-OH is 1. The van der Waals surface area contributed by atoms with E-state index < -0.39 is 0 Å². The Balaban J connectivity index is 2.13. The van der Waals surface area contributed by atoms with Crippen molar-refractivity contribution in [3.8, 4) is 0 Å². The first-order chi connectivity index (χ1) is 8.19. The zero-order valence-electron chi connectivity index (χ0n) is 9.93. The lowest BCUT2D eigenvalue weighted by Crippen LogP contribution is -2.31. The van der Waals surface area contributed by atoms with Crippen LogP contribution in [0.3, 0.4) is 0 Å². The van der Waals surface area contributed by atoms with Gasteiger partial charge in [0.15, 0.2) is 0 Å². The molecule has 4 heteroatoms. The average molecular weight is 231 g/mol. The largest absolute Gasteiger partial charge is 0.399 e. The molecule has 0 spiro atoms. The van der Waals surface area contributed by atoms with Gasteiger partial charge >= 0.3 is 0 Å². The van der Waals surface area contributed by atoms with Crippen molar-refractivity contribution in [2.24, 2.45) is 0 Å². The third-order valence-electron chi connectivity index (χ3n) is 3.56. The molecule has 0 atom stereocenters. The number of nitrogens with two attached hydrogens (primary N) is 1. The molecule has 90 valence electrons. The van der Waals surface area contributed by atoms with Gasteiger partial charge in [-0.15, -0.1) is 0 Å². The molecule has 1 aromatic heterocycles. The van der Waals surface area contributed by atoms with Gasteiger partial charge in [0, 0.05) is 18.2 Å². The minimum atomic E-state index is -0.143. The number of anilines is 1. The van der Waals surface area contributed by atoms with E-state index in [-0.39, 0.29) is 6.10 Å². The van der Waals surface area contributed by atoms with Crippen LogP contribution >= 0.6 is 0 Å². The van der Waals surface area contributed by atoms with E-state index in [9.17, 15) is 5.11 Å². The molecule has 2 aromatic rings. The number of aliphatic hydroxyl groups is 1. The normalized spacial score (nSPS) is 23.9. The maximum Gasteiger partial charge on any atom is 0.109 e.